The Morgan fingerprint density at radius 1 is 0.933 bits per heavy atom. The number of rotatable bonds is 1. The smallest absolute Gasteiger partial charge is 0.211 e. The zero-order chi connectivity index (χ0) is 10.8. The molecule has 0 N–H and O–H groups in total. The van der Waals surface area contributed by atoms with Crippen LogP contribution in [0.4, 0.5) is 5.69 Å². The van der Waals surface area contributed by atoms with Gasteiger partial charge in [0.05, 0.1) is 5.69 Å². The van der Waals surface area contributed by atoms with Crippen LogP contribution < -0.4 is 0 Å². The minimum Gasteiger partial charge on any atom is -0.211 e. The molecular formula is C13H10NO. The van der Waals surface area contributed by atoms with Crippen molar-refractivity contribution in [3.63, 3.8) is 0 Å². The average molecular weight is 196 g/mol. The molecule has 0 heterocycles. The summed E-state index contributed by atoms with van der Waals surface area (Å²) >= 11 is 0. The summed E-state index contributed by atoms with van der Waals surface area (Å²) < 4.78 is 0. The number of nitrogens with zero attached hydrogens (tertiary/aromatic N) is 1. The molecule has 0 aliphatic heterocycles. The molecule has 0 spiro atoms. The highest BCUT2D eigenvalue weighted by atomic mass is 16.1. The van der Waals surface area contributed by atoms with Crippen molar-refractivity contribution >= 4 is 11.8 Å². The lowest BCUT2D eigenvalue weighted by atomic mass is 10.3. The van der Waals surface area contributed by atoms with Crippen LogP contribution in [0.15, 0.2) is 65.7 Å². The molecule has 0 aliphatic rings. The molecule has 1 radical (unpaired) electrons. The molecule has 2 aromatic rings. The SMILES string of the molecule is O=C=Nc1[c]cccc1.c1ccccc1. The van der Waals surface area contributed by atoms with E-state index in [1.807, 2.05) is 42.5 Å². The summed E-state index contributed by atoms with van der Waals surface area (Å²) in [5.74, 6) is 0. The van der Waals surface area contributed by atoms with Gasteiger partial charge in [-0.1, -0.05) is 54.6 Å². The quantitative estimate of drug-likeness (QED) is 0.509. The van der Waals surface area contributed by atoms with Crippen LogP contribution in [0.3, 0.4) is 0 Å². The maximum atomic E-state index is 9.66. The van der Waals surface area contributed by atoms with E-state index in [0.29, 0.717) is 5.69 Å². The number of carbonyl (C=O) groups excluding carboxylic acids is 1. The third kappa shape index (κ3) is 5.19. The van der Waals surface area contributed by atoms with E-state index in [9.17, 15) is 4.79 Å². The van der Waals surface area contributed by atoms with E-state index in [-0.39, 0.29) is 0 Å². The van der Waals surface area contributed by atoms with Crippen LogP contribution in [0.2, 0.25) is 0 Å². The first-order valence-electron chi connectivity index (χ1n) is 4.48. The second-order valence-corrected chi connectivity index (χ2v) is 2.61. The van der Waals surface area contributed by atoms with E-state index in [1.165, 1.54) is 6.08 Å². The van der Waals surface area contributed by atoms with Crippen LogP contribution >= 0.6 is 0 Å². The molecule has 73 valence electrons. The van der Waals surface area contributed by atoms with Gasteiger partial charge in [-0.2, -0.15) is 4.99 Å². The summed E-state index contributed by atoms with van der Waals surface area (Å²) in [6.45, 7) is 0. The van der Waals surface area contributed by atoms with Gasteiger partial charge < -0.3 is 0 Å². The molecule has 0 aliphatic carbocycles. The number of aliphatic imine (C=N–C) groups is 1. The van der Waals surface area contributed by atoms with Gasteiger partial charge in [0.1, 0.15) is 0 Å². The highest BCUT2D eigenvalue weighted by molar-refractivity contribution is 5.47. The Kier molecular flexibility index (Phi) is 5.26. The van der Waals surface area contributed by atoms with E-state index in [4.69, 9.17) is 0 Å². The molecule has 0 atom stereocenters. The first-order valence-corrected chi connectivity index (χ1v) is 4.48. The predicted octanol–water partition coefficient (Wildman–Crippen LogP) is 3.14. The van der Waals surface area contributed by atoms with Crippen LogP contribution in [0.1, 0.15) is 0 Å². The van der Waals surface area contributed by atoms with E-state index in [0.717, 1.165) is 0 Å². The molecule has 0 unspecified atom stereocenters. The van der Waals surface area contributed by atoms with E-state index in [2.05, 4.69) is 11.1 Å². The highest BCUT2D eigenvalue weighted by Gasteiger charge is 1.81. The lowest BCUT2D eigenvalue weighted by Crippen LogP contribution is -1.60. The Balaban J connectivity index is 0.000000162. The minimum atomic E-state index is 0.521. The van der Waals surface area contributed by atoms with Gasteiger partial charge in [0.2, 0.25) is 6.08 Å². The first-order chi connectivity index (χ1) is 7.43. The summed E-state index contributed by atoms with van der Waals surface area (Å²) in [5.41, 5.74) is 0.521. The van der Waals surface area contributed by atoms with Crippen molar-refractivity contribution in [3.05, 3.63) is 66.7 Å². The van der Waals surface area contributed by atoms with E-state index in [1.54, 1.807) is 18.2 Å². The second-order valence-electron chi connectivity index (χ2n) is 2.61. The number of hydrogen-bond acceptors (Lipinski definition) is 2. The van der Waals surface area contributed by atoms with Gasteiger partial charge in [0.15, 0.2) is 0 Å². The number of isocyanates is 1. The largest absolute Gasteiger partial charge is 0.240 e. The summed E-state index contributed by atoms with van der Waals surface area (Å²) in [4.78, 5) is 13.0. The minimum absolute atomic E-state index is 0.521. The molecule has 2 aromatic carbocycles. The van der Waals surface area contributed by atoms with E-state index < -0.39 is 0 Å². The molecular weight excluding hydrogens is 186 g/mol. The van der Waals surface area contributed by atoms with Gasteiger partial charge >= 0.3 is 0 Å². The highest BCUT2D eigenvalue weighted by Crippen LogP contribution is 2.05. The zero-order valence-corrected chi connectivity index (χ0v) is 8.13. The van der Waals surface area contributed by atoms with E-state index >= 15 is 0 Å². The maximum absolute atomic E-state index is 9.66. The molecule has 2 nitrogen and oxygen atoms in total. The average Bonchev–Trinajstić information content (AvgIpc) is 2.34. The fraction of sp³-hybridized carbons (Fsp3) is 0. The van der Waals surface area contributed by atoms with Crippen LogP contribution in [0.25, 0.3) is 0 Å². The monoisotopic (exact) mass is 196 g/mol. The Morgan fingerprint density at radius 2 is 1.53 bits per heavy atom. The van der Waals surface area contributed by atoms with Gasteiger partial charge in [-0.15, -0.1) is 0 Å². The van der Waals surface area contributed by atoms with Crippen molar-refractivity contribution in [2.75, 3.05) is 0 Å². The molecule has 0 fully saturated rings. The molecule has 15 heavy (non-hydrogen) atoms. The molecule has 0 amide bonds. The normalized spacial score (nSPS) is 8.00. The van der Waals surface area contributed by atoms with Crippen LogP contribution in [0.5, 0.6) is 0 Å². The van der Waals surface area contributed by atoms with Crippen molar-refractivity contribution in [2.24, 2.45) is 4.99 Å². The Morgan fingerprint density at radius 3 is 1.93 bits per heavy atom. The second kappa shape index (κ2) is 7.25. The molecule has 2 rings (SSSR count). The van der Waals surface area contributed by atoms with Crippen LogP contribution in [-0.2, 0) is 4.79 Å². The third-order valence-electron chi connectivity index (χ3n) is 1.53. The Hall–Kier alpha value is -2.18. The fourth-order valence-electron chi connectivity index (χ4n) is 0.887. The summed E-state index contributed by atoms with van der Waals surface area (Å²) in [5, 5.41) is 0. The van der Waals surface area contributed by atoms with Crippen LogP contribution in [0, 0.1) is 6.07 Å². The molecule has 0 bridgehead atoms. The lowest BCUT2D eigenvalue weighted by molar-refractivity contribution is 0.565. The predicted molar refractivity (Wildman–Crippen MR) is 59.5 cm³/mol. The number of benzene rings is 2. The fourth-order valence-corrected chi connectivity index (χ4v) is 0.887. The number of para-hydroxylation sites is 1. The van der Waals surface area contributed by atoms with Gasteiger partial charge in [-0.3, -0.25) is 0 Å². The van der Waals surface area contributed by atoms with Crippen molar-refractivity contribution < 1.29 is 4.79 Å². The number of hydrogen-bond donors (Lipinski definition) is 0. The standard InChI is InChI=1S/C7H4NO.C6H6/c9-6-8-7-4-2-1-3-5-7;1-2-4-6-5-3-1/h1-4H;1-6H. The summed E-state index contributed by atoms with van der Waals surface area (Å²) in [6.07, 6.45) is 1.43. The Bertz CT molecular complexity index is 378. The van der Waals surface area contributed by atoms with Crippen molar-refractivity contribution in [3.8, 4) is 0 Å². The summed E-state index contributed by atoms with van der Waals surface area (Å²) in [6, 6.07) is 21.7. The maximum Gasteiger partial charge on any atom is 0.240 e. The Labute approximate surface area is 88.9 Å². The molecule has 2 heteroatoms. The van der Waals surface area contributed by atoms with Gasteiger partial charge in [-0.25, -0.2) is 4.79 Å². The van der Waals surface area contributed by atoms with Gasteiger partial charge in [0, 0.05) is 6.07 Å². The van der Waals surface area contributed by atoms with Gasteiger partial charge in [0.25, 0.3) is 0 Å². The van der Waals surface area contributed by atoms with Crippen molar-refractivity contribution in [2.45, 2.75) is 0 Å². The van der Waals surface area contributed by atoms with Crippen molar-refractivity contribution in [1.82, 2.24) is 0 Å². The topological polar surface area (TPSA) is 29.4 Å². The zero-order valence-electron chi connectivity index (χ0n) is 8.13. The van der Waals surface area contributed by atoms with Gasteiger partial charge in [-0.05, 0) is 6.07 Å². The lowest BCUT2D eigenvalue weighted by Gasteiger charge is -1.82. The first kappa shape index (κ1) is 10.9. The molecule has 0 saturated heterocycles. The molecule has 0 aromatic heterocycles. The van der Waals surface area contributed by atoms with Crippen molar-refractivity contribution in [1.29, 1.82) is 0 Å². The third-order valence-corrected chi connectivity index (χ3v) is 1.53. The summed E-state index contributed by atoms with van der Waals surface area (Å²) in [7, 11) is 0. The molecule has 0 saturated carbocycles. The van der Waals surface area contributed by atoms with Crippen LogP contribution in [-0.4, -0.2) is 6.08 Å².